The number of Topliss-reactive ketones (excluding diaryl/α,β-unsaturated/α-hetero) is 1. The molecular formula is C28H29NO4. The number of hydrogen-bond donors (Lipinski definition) is 1. The van der Waals surface area contributed by atoms with Gasteiger partial charge in [0, 0.05) is 35.9 Å². The summed E-state index contributed by atoms with van der Waals surface area (Å²) >= 11 is 0. The number of nitrogens with one attached hydrogen (secondary N) is 1. The number of ketones is 1. The molecule has 5 heteroatoms. The average molecular weight is 444 g/mol. The van der Waals surface area contributed by atoms with Gasteiger partial charge >= 0.3 is 5.97 Å². The lowest BCUT2D eigenvalue weighted by Crippen LogP contribution is -2.41. The Hall–Kier alpha value is -3.18. The molecule has 170 valence electrons. The van der Waals surface area contributed by atoms with Crippen molar-refractivity contribution in [3.63, 3.8) is 0 Å². The summed E-state index contributed by atoms with van der Waals surface area (Å²) in [5.74, 6) is -1.31. The Labute approximate surface area is 194 Å². The lowest BCUT2D eigenvalue weighted by molar-refractivity contribution is -0.151. The highest BCUT2D eigenvalue weighted by Gasteiger charge is 2.44. The van der Waals surface area contributed by atoms with E-state index < -0.39 is 11.8 Å². The lowest BCUT2D eigenvalue weighted by atomic mass is 9.71. The van der Waals surface area contributed by atoms with Crippen molar-refractivity contribution >= 4 is 11.8 Å². The predicted octanol–water partition coefficient (Wildman–Crippen LogP) is 4.90. The minimum Gasteiger partial charge on any atom is -0.462 e. The Bertz CT molecular complexity index is 1080. The Balaban J connectivity index is 1.48. The quantitative estimate of drug-likeness (QED) is 0.666. The summed E-state index contributed by atoms with van der Waals surface area (Å²) in [6.45, 7) is 5.11. The van der Waals surface area contributed by atoms with Gasteiger partial charge in [0.05, 0.1) is 6.10 Å². The number of allylic oxidation sites excluding steroid dienone is 2. The average Bonchev–Trinajstić information content (AvgIpc) is 3.36. The molecule has 0 bridgehead atoms. The Morgan fingerprint density at radius 2 is 1.79 bits per heavy atom. The standard InChI is InChI=1S/C28H29NO4/c1-18-25(28(31)33-17-22-9-6-16-32-22)26(27-23(29-18)10-5-11-24(27)30)21-14-12-20(13-15-21)19-7-3-2-4-8-19/h2-4,7-8,12-15,22,25-26,29H,1,5-6,9-11,16-17H2. The fourth-order valence-electron chi connectivity index (χ4n) is 5.19. The van der Waals surface area contributed by atoms with Crippen LogP contribution in [-0.4, -0.2) is 31.1 Å². The fourth-order valence-corrected chi connectivity index (χ4v) is 5.19. The van der Waals surface area contributed by atoms with E-state index >= 15 is 0 Å². The number of esters is 1. The minimum atomic E-state index is -0.658. The van der Waals surface area contributed by atoms with Crippen LogP contribution < -0.4 is 5.32 Å². The topological polar surface area (TPSA) is 64.6 Å². The highest BCUT2D eigenvalue weighted by Crippen LogP contribution is 2.44. The fraction of sp³-hybridized carbons (Fsp3) is 0.357. The van der Waals surface area contributed by atoms with Gasteiger partial charge in [-0.15, -0.1) is 0 Å². The first kappa shape index (κ1) is 21.7. The molecule has 0 radical (unpaired) electrons. The third kappa shape index (κ3) is 4.38. The maximum absolute atomic E-state index is 13.3. The van der Waals surface area contributed by atoms with Crippen molar-refractivity contribution in [3.8, 4) is 11.1 Å². The van der Waals surface area contributed by atoms with Crippen molar-refractivity contribution in [2.24, 2.45) is 5.92 Å². The van der Waals surface area contributed by atoms with E-state index in [9.17, 15) is 9.59 Å². The predicted molar refractivity (Wildman–Crippen MR) is 126 cm³/mol. The largest absolute Gasteiger partial charge is 0.462 e. The van der Waals surface area contributed by atoms with Crippen LogP contribution in [0.25, 0.3) is 11.1 Å². The highest BCUT2D eigenvalue weighted by atomic mass is 16.6. The van der Waals surface area contributed by atoms with E-state index in [0.29, 0.717) is 24.3 Å². The number of rotatable bonds is 5. The molecule has 33 heavy (non-hydrogen) atoms. The molecule has 3 aliphatic rings. The van der Waals surface area contributed by atoms with E-state index in [0.717, 1.165) is 48.1 Å². The van der Waals surface area contributed by atoms with Crippen LogP contribution in [0.1, 0.15) is 43.6 Å². The Morgan fingerprint density at radius 3 is 2.52 bits per heavy atom. The van der Waals surface area contributed by atoms with Crippen LogP contribution in [-0.2, 0) is 19.1 Å². The molecule has 0 amide bonds. The molecule has 1 N–H and O–H groups in total. The number of carbonyl (C=O) groups excluding carboxylic acids is 2. The summed E-state index contributed by atoms with van der Waals surface area (Å²) in [5.41, 5.74) is 5.35. The molecule has 2 aliphatic heterocycles. The van der Waals surface area contributed by atoms with Gasteiger partial charge in [0.15, 0.2) is 5.78 Å². The third-order valence-electron chi connectivity index (χ3n) is 6.85. The minimum absolute atomic E-state index is 0.0477. The highest BCUT2D eigenvalue weighted by molar-refractivity contribution is 6.00. The van der Waals surface area contributed by atoms with Crippen molar-refractivity contribution in [3.05, 3.63) is 83.7 Å². The molecule has 0 spiro atoms. The van der Waals surface area contributed by atoms with E-state index in [4.69, 9.17) is 9.47 Å². The molecule has 2 aromatic carbocycles. The van der Waals surface area contributed by atoms with E-state index in [1.54, 1.807) is 0 Å². The van der Waals surface area contributed by atoms with Crippen LogP contribution in [0.5, 0.6) is 0 Å². The van der Waals surface area contributed by atoms with Gasteiger partial charge in [-0.2, -0.15) is 0 Å². The summed E-state index contributed by atoms with van der Waals surface area (Å²) in [7, 11) is 0. The summed E-state index contributed by atoms with van der Waals surface area (Å²) in [5, 5.41) is 3.28. The van der Waals surface area contributed by atoms with Gasteiger partial charge in [0.25, 0.3) is 0 Å². The van der Waals surface area contributed by atoms with Crippen LogP contribution in [0.4, 0.5) is 0 Å². The van der Waals surface area contributed by atoms with E-state index in [2.05, 4.69) is 36.2 Å². The van der Waals surface area contributed by atoms with Gasteiger partial charge in [0.1, 0.15) is 12.5 Å². The molecule has 0 aromatic heterocycles. The van der Waals surface area contributed by atoms with Crippen LogP contribution in [0.2, 0.25) is 0 Å². The monoisotopic (exact) mass is 443 g/mol. The SMILES string of the molecule is C=C1NC2=C(C(=O)CCC2)C(c2ccc(-c3ccccc3)cc2)C1C(=O)OCC1CCCO1. The second-order valence-corrected chi connectivity index (χ2v) is 9.03. The number of ether oxygens (including phenoxy) is 2. The zero-order valence-electron chi connectivity index (χ0n) is 18.7. The third-order valence-corrected chi connectivity index (χ3v) is 6.85. The first-order valence-electron chi connectivity index (χ1n) is 11.8. The normalized spacial score (nSPS) is 24.9. The van der Waals surface area contributed by atoms with Crippen LogP contribution >= 0.6 is 0 Å². The van der Waals surface area contributed by atoms with Crippen LogP contribution in [0.3, 0.4) is 0 Å². The van der Waals surface area contributed by atoms with Gasteiger partial charge in [-0.1, -0.05) is 61.2 Å². The van der Waals surface area contributed by atoms with Crippen molar-refractivity contribution in [1.29, 1.82) is 0 Å². The first-order valence-corrected chi connectivity index (χ1v) is 11.8. The van der Waals surface area contributed by atoms with Crippen molar-refractivity contribution in [1.82, 2.24) is 5.32 Å². The summed E-state index contributed by atoms with van der Waals surface area (Å²) in [4.78, 5) is 26.3. The van der Waals surface area contributed by atoms with Gasteiger partial charge in [0.2, 0.25) is 0 Å². The molecular weight excluding hydrogens is 414 g/mol. The first-order chi connectivity index (χ1) is 16.1. The van der Waals surface area contributed by atoms with Crippen molar-refractivity contribution in [2.75, 3.05) is 13.2 Å². The Morgan fingerprint density at radius 1 is 1.03 bits per heavy atom. The number of benzene rings is 2. The maximum atomic E-state index is 13.3. The Kier molecular flexibility index (Phi) is 6.14. The molecule has 1 saturated heterocycles. The van der Waals surface area contributed by atoms with Gasteiger partial charge in [-0.3, -0.25) is 9.59 Å². The molecule has 0 saturated carbocycles. The molecule has 2 aromatic rings. The molecule has 5 nitrogen and oxygen atoms in total. The van der Waals surface area contributed by atoms with Crippen LogP contribution in [0.15, 0.2) is 78.1 Å². The summed E-state index contributed by atoms with van der Waals surface area (Å²) in [6, 6.07) is 18.3. The summed E-state index contributed by atoms with van der Waals surface area (Å²) < 4.78 is 11.3. The van der Waals surface area contributed by atoms with E-state index in [1.165, 1.54) is 0 Å². The zero-order valence-corrected chi connectivity index (χ0v) is 18.7. The number of carbonyl (C=O) groups is 2. The maximum Gasteiger partial charge on any atom is 0.315 e. The number of hydrogen-bond acceptors (Lipinski definition) is 5. The van der Waals surface area contributed by atoms with Gasteiger partial charge < -0.3 is 14.8 Å². The summed E-state index contributed by atoms with van der Waals surface area (Å²) in [6.07, 6.45) is 3.94. The van der Waals surface area contributed by atoms with E-state index in [1.807, 2.05) is 30.3 Å². The molecule has 2 heterocycles. The van der Waals surface area contributed by atoms with Crippen LogP contribution in [0, 0.1) is 5.92 Å². The second kappa shape index (κ2) is 9.36. The van der Waals surface area contributed by atoms with E-state index in [-0.39, 0.29) is 24.5 Å². The molecule has 5 rings (SSSR count). The van der Waals surface area contributed by atoms with Gasteiger partial charge in [-0.25, -0.2) is 0 Å². The molecule has 3 atom stereocenters. The van der Waals surface area contributed by atoms with Crippen molar-refractivity contribution < 1.29 is 19.1 Å². The smallest absolute Gasteiger partial charge is 0.315 e. The van der Waals surface area contributed by atoms with Crippen molar-refractivity contribution in [2.45, 2.75) is 44.1 Å². The molecule has 1 fully saturated rings. The zero-order chi connectivity index (χ0) is 22.8. The molecule has 1 aliphatic carbocycles. The van der Waals surface area contributed by atoms with Gasteiger partial charge in [-0.05, 0) is 42.4 Å². The lowest BCUT2D eigenvalue weighted by Gasteiger charge is -2.38. The molecule has 3 unspecified atom stereocenters. The second-order valence-electron chi connectivity index (χ2n) is 9.03.